The van der Waals surface area contributed by atoms with E-state index in [1.165, 1.54) is 0 Å². The van der Waals surface area contributed by atoms with Gasteiger partial charge in [0.05, 0.1) is 44.4 Å². The number of methoxy groups -OCH3 is 1. The highest BCUT2D eigenvalue weighted by Gasteiger charge is 2.67. The number of furan rings is 1. The SMILES string of the molecule is COc1cccc(N2C[C@@]34C=C[C@@H](O3)[C@H](C(=O)NCc3ccco3)[C@@H]4C2=O)c1. The van der Waals surface area contributed by atoms with Gasteiger partial charge in [0.15, 0.2) is 0 Å². The molecule has 0 aliphatic carbocycles. The van der Waals surface area contributed by atoms with E-state index < -0.39 is 17.4 Å². The van der Waals surface area contributed by atoms with Crippen molar-refractivity contribution in [2.75, 3.05) is 18.6 Å². The van der Waals surface area contributed by atoms with Crippen molar-refractivity contribution in [2.24, 2.45) is 11.8 Å². The molecule has 0 unspecified atom stereocenters. The zero-order valence-electron chi connectivity index (χ0n) is 15.3. The number of hydrogen-bond donors (Lipinski definition) is 1. The van der Waals surface area contributed by atoms with Crippen molar-refractivity contribution >= 4 is 17.5 Å². The second-order valence-corrected chi connectivity index (χ2v) is 7.32. The van der Waals surface area contributed by atoms with Crippen LogP contribution in [-0.4, -0.2) is 37.2 Å². The Kier molecular flexibility index (Phi) is 3.80. The summed E-state index contributed by atoms with van der Waals surface area (Å²) < 4.78 is 16.7. The highest BCUT2D eigenvalue weighted by atomic mass is 16.5. The van der Waals surface area contributed by atoms with Gasteiger partial charge >= 0.3 is 0 Å². The number of fused-ring (bicyclic) bond motifs is 1. The lowest BCUT2D eigenvalue weighted by atomic mass is 9.77. The number of carbonyl (C=O) groups is 2. The summed E-state index contributed by atoms with van der Waals surface area (Å²) in [5, 5.41) is 2.88. The molecule has 1 aromatic carbocycles. The maximum atomic E-state index is 13.3. The van der Waals surface area contributed by atoms with Crippen molar-refractivity contribution in [3.8, 4) is 5.75 Å². The molecule has 0 radical (unpaired) electrons. The lowest BCUT2D eigenvalue weighted by molar-refractivity contribution is -0.132. The van der Waals surface area contributed by atoms with Gasteiger partial charge in [-0.05, 0) is 24.3 Å². The molecule has 2 amide bonds. The van der Waals surface area contributed by atoms with E-state index in [-0.39, 0.29) is 24.5 Å². The monoisotopic (exact) mass is 380 g/mol. The van der Waals surface area contributed by atoms with Crippen molar-refractivity contribution in [3.63, 3.8) is 0 Å². The second-order valence-electron chi connectivity index (χ2n) is 7.32. The molecule has 7 heteroatoms. The zero-order chi connectivity index (χ0) is 19.3. The van der Waals surface area contributed by atoms with Crippen LogP contribution in [0.1, 0.15) is 5.76 Å². The van der Waals surface area contributed by atoms with E-state index in [1.807, 2.05) is 36.4 Å². The molecule has 2 fully saturated rings. The first-order valence-electron chi connectivity index (χ1n) is 9.24. The van der Waals surface area contributed by atoms with E-state index in [2.05, 4.69) is 5.32 Å². The number of nitrogens with one attached hydrogen (secondary N) is 1. The molecular weight excluding hydrogens is 360 g/mol. The smallest absolute Gasteiger partial charge is 0.234 e. The maximum Gasteiger partial charge on any atom is 0.234 e. The number of carbonyl (C=O) groups excluding carboxylic acids is 2. The Morgan fingerprint density at radius 2 is 2.25 bits per heavy atom. The van der Waals surface area contributed by atoms with Gasteiger partial charge in [-0.15, -0.1) is 0 Å². The molecule has 7 nitrogen and oxygen atoms in total. The van der Waals surface area contributed by atoms with Gasteiger partial charge < -0.3 is 24.1 Å². The molecule has 2 bridgehead atoms. The number of anilines is 1. The minimum absolute atomic E-state index is 0.0988. The van der Waals surface area contributed by atoms with Crippen molar-refractivity contribution < 1.29 is 23.5 Å². The summed E-state index contributed by atoms with van der Waals surface area (Å²) >= 11 is 0. The van der Waals surface area contributed by atoms with Gasteiger partial charge in [-0.2, -0.15) is 0 Å². The summed E-state index contributed by atoms with van der Waals surface area (Å²) in [4.78, 5) is 27.9. The van der Waals surface area contributed by atoms with Crippen molar-refractivity contribution in [3.05, 3.63) is 60.6 Å². The van der Waals surface area contributed by atoms with E-state index in [1.54, 1.807) is 30.4 Å². The molecule has 5 rings (SSSR count). The Bertz CT molecular complexity index is 953. The number of benzene rings is 1. The molecule has 144 valence electrons. The Morgan fingerprint density at radius 1 is 1.36 bits per heavy atom. The van der Waals surface area contributed by atoms with Crippen LogP contribution in [0, 0.1) is 11.8 Å². The fourth-order valence-electron chi connectivity index (χ4n) is 4.50. The summed E-state index contributed by atoms with van der Waals surface area (Å²) in [6.07, 6.45) is 5.03. The summed E-state index contributed by atoms with van der Waals surface area (Å²) in [5.41, 5.74) is -0.0133. The van der Waals surface area contributed by atoms with Gasteiger partial charge in [-0.25, -0.2) is 0 Å². The highest BCUT2D eigenvalue weighted by molar-refractivity contribution is 6.03. The second kappa shape index (κ2) is 6.24. The van der Waals surface area contributed by atoms with E-state index in [0.29, 0.717) is 18.1 Å². The summed E-state index contributed by atoms with van der Waals surface area (Å²) in [5.74, 6) is -0.0446. The van der Waals surface area contributed by atoms with Crippen LogP contribution in [0.3, 0.4) is 0 Å². The summed E-state index contributed by atoms with van der Waals surface area (Å²) in [7, 11) is 1.59. The number of rotatable bonds is 5. The van der Waals surface area contributed by atoms with Gasteiger partial charge in [-0.1, -0.05) is 18.2 Å². The first kappa shape index (κ1) is 17.1. The molecule has 3 aliphatic heterocycles. The zero-order valence-corrected chi connectivity index (χ0v) is 15.3. The van der Waals surface area contributed by atoms with E-state index in [0.717, 1.165) is 5.69 Å². The van der Waals surface area contributed by atoms with Crippen LogP contribution in [0.15, 0.2) is 59.2 Å². The maximum absolute atomic E-state index is 13.3. The van der Waals surface area contributed by atoms with Crippen LogP contribution in [0.25, 0.3) is 0 Å². The molecule has 1 aromatic heterocycles. The molecule has 28 heavy (non-hydrogen) atoms. The standard InChI is InChI=1S/C21H20N2O5/c1-26-14-5-2-4-13(10-14)23-12-21-8-7-16(28-21)17(18(21)20(23)25)19(24)22-11-15-6-3-9-27-15/h2-10,16-18H,11-12H2,1H3,(H,22,24)/t16-,17+,18-,21-/m1/s1. The third-order valence-corrected chi connectivity index (χ3v) is 5.79. The van der Waals surface area contributed by atoms with Gasteiger partial charge in [0.1, 0.15) is 17.1 Å². The highest BCUT2D eigenvalue weighted by Crippen LogP contribution is 2.52. The largest absolute Gasteiger partial charge is 0.497 e. The molecule has 2 saturated heterocycles. The van der Waals surface area contributed by atoms with Crippen LogP contribution in [-0.2, 0) is 20.9 Å². The molecular formula is C21H20N2O5. The number of amides is 2. The Labute approximate surface area is 161 Å². The molecule has 4 heterocycles. The minimum atomic E-state index is -0.752. The topological polar surface area (TPSA) is 81.0 Å². The average molecular weight is 380 g/mol. The number of hydrogen-bond acceptors (Lipinski definition) is 5. The Morgan fingerprint density at radius 3 is 3.04 bits per heavy atom. The van der Waals surface area contributed by atoms with Crippen LogP contribution in [0.2, 0.25) is 0 Å². The first-order chi connectivity index (χ1) is 13.6. The van der Waals surface area contributed by atoms with Crippen molar-refractivity contribution in [1.82, 2.24) is 5.32 Å². The van der Waals surface area contributed by atoms with E-state index in [4.69, 9.17) is 13.9 Å². The molecule has 2 aromatic rings. The van der Waals surface area contributed by atoms with Gasteiger partial charge in [-0.3, -0.25) is 9.59 Å². The predicted molar refractivity (Wildman–Crippen MR) is 99.6 cm³/mol. The molecule has 0 saturated carbocycles. The third-order valence-electron chi connectivity index (χ3n) is 5.79. The molecule has 4 atom stereocenters. The normalized spacial score (nSPS) is 30.0. The van der Waals surface area contributed by atoms with Crippen molar-refractivity contribution in [2.45, 2.75) is 18.2 Å². The predicted octanol–water partition coefficient (Wildman–Crippen LogP) is 1.89. The van der Waals surface area contributed by atoms with Crippen molar-refractivity contribution in [1.29, 1.82) is 0 Å². The summed E-state index contributed by atoms with van der Waals surface area (Å²) in [6, 6.07) is 10.9. The van der Waals surface area contributed by atoms with Crippen LogP contribution < -0.4 is 15.0 Å². The molecule has 1 spiro atoms. The first-order valence-corrected chi connectivity index (χ1v) is 9.24. The average Bonchev–Trinajstić information content (AvgIpc) is 3.48. The van der Waals surface area contributed by atoms with Gasteiger partial charge in [0.2, 0.25) is 11.8 Å². The molecule has 1 N–H and O–H groups in total. The quantitative estimate of drug-likeness (QED) is 0.802. The lowest BCUT2D eigenvalue weighted by Gasteiger charge is -2.23. The molecule has 3 aliphatic rings. The fourth-order valence-corrected chi connectivity index (χ4v) is 4.50. The Balaban J connectivity index is 1.40. The lowest BCUT2D eigenvalue weighted by Crippen LogP contribution is -2.43. The van der Waals surface area contributed by atoms with Crippen LogP contribution in [0.5, 0.6) is 5.75 Å². The van der Waals surface area contributed by atoms with Crippen LogP contribution >= 0.6 is 0 Å². The fraction of sp³-hybridized carbons (Fsp3) is 0.333. The van der Waals surface area contributed by atoms with Gasteiger partial charge in [0.25, 0.3) is 0 Å². The van der Waals surface area contributed by atoms with Gasteiger partial charge in [0, 0.05) is 11.8 Å². The minimum Gasteiger partial charge on any atom is -0.497 e. The van der Waals surface area contributed by atoms with Crippen LogP contribution in [0.4, 0.5) is 5.69 Å². The summed E-state index contributed by atoms with van der Waals surface area (Å²) in [6.45, 7) is 0.672. The van der Waals surface area contributed by atoms with E-state index >= 15 is 0 Å². The Hall–Kier alpha value is -3.06. The number of nitrogens with zero attached hydrogens (tertiary/aromatic N) is 1. The van der Waals surface area contributed by atoms with E-state index in [9.17, 15) is 9.59 Å². The third kappa shape index (κ3) is 2.46. The number of ether oxygens (including phenoxy) is 2.